The number of ether oxygens (including phenoxy) is 1. The molecule has 1 fully saturated rings. The molecule has 1 atom stereocenters. The third-order valence-electron chi connectivity index (χ3n) is 4.36. The van der Waals surface area contributed by atoms with Crippen LogP contribution in [0.2, 0.25) is 0 Å². The monoisotopic (exact) mass is 341 g/mol. The summed E-state index contributed by atoms with van der Waals surface area (Å²) in [4.78, 5) is 15.7. The second-order valence-corrected chi connectivity index (χ2v) is 5.96. The van der Waals surface area contributed by atoms with Crippen molar-refractivity contribution >= 4 is 5.95 Å². The molecule has 9 nitrogen and oxygen atoms in total. The average molecular weight is 341 g/mol. The summed E-state index contributed by atoms with van der Waals surface area (Å²) in [6.45, 7) is 2.65. The lowest BCUT2D eigenvalue weighted by atomic mass is 10.2. The molecule has 4 heterocycles. The molecule has 25 heavy (non-hydrogen) atoms. The largest absolute Gasteiger partial charge is 0.493 e. The molecule has 0 aromatic carbocycles. The third kappa shape index (κ3) is 2.71. The van der Waals surface area contributed by atoms with Crippen molar-refractivity contribution in [2.75, 3.05) is 18.6 Å². The Hall–Kier alpha value is -2.97. The van der Waals surface area contributed by atoms with E-state index in [2.05, 4.69) is 25.1 Å². The van der Waals surface area contributed by atoms with Gasteiger partial charge in [-0.3, -0.25) is 4.68 Å². The highest BCUT2D eigenvalue weighted by Crippen LogP contribution is 2.36. The van der Waals surface area contributed by atoms with Crippen molar-refractivity contribution < 1.29 is 9.26 Å². The zero-order valence-electron chi connectivity index (χ0n) is 14.4. The first-order valence-electron chi connectivity index (χ1n) is 8.13. The second kappa shape index (κ2) is 6.15. The van der Waals surface area contributed by atoms with Crippen LogP contribution in [0.25, 0.3) is 11.4 Å². The van der Waals surface area contributed by atoms with Gasteiger partial charge < -0.3 is 14.2 Å². The molecular weight excluding hydrogens is 322 g/mol. The Bertz CT molecular complexity index is 888. The van der Waals surface area contributed by atoms with Crippen LogP contribution in [-0.2, 0) is 7.05 Å². The Morgan fingerprint density at radius 1 is 1.32 bits per heavy atom. The van der Waals surface area contributed by atoms with Crippen molar-refractivity contribution in [3.63, 3.8) is 0 Å². The lowest BCUT2D eigenvalue weighted by molar-refractivity contribution is 0.351. The molecule has 3 aromatic heterocycles. The van der Waals surface area contributed by atoms with Crippen LogP contribution in [0.4, 0.5) is 5.95 Å². The summed E-state index contributed by atoms with van der Waals surface area (Å²) < 4.78 is 12.6. The maximum absolute atomic E-state index is 5.43. The lowest BCUT2D eigenvalue weighted by Crippen LogP contribution is -2.25. The molecule has 1 aliphatic heterocycles. The molecule has 0 bridgehead atoms. The number of aryl methyl sites for hydroxylation is 2. The zero-order valence-corrected chi connectivity index (χ0v) is 14.4. The first-order chi connectivity index (χ1) is 12.2. The minimum Gasteiger partial charge on any atom is -0.493 e. The number of methoxy groups -OCH3 is 1. The normalized spacial score (nSPS) is 17.2. The van der Waals surface area contributed by atoms with E-state index >= 15 is 0 Å². The van der Waals surface area contributed by atoms with Crippen molar-refractivity contribution in [2.45, 2.75) is 25.8 Å². The number of aromatic nitrogens is 6. The summed E-state index contributed by atoms with van der Waals surface area (Å²) in [6.07, 6.45) is 5.37. The molecule has 0 saturated carbocycles. The van der Waals surface area contributed by atoms with E-state index in [0.717, 1.165) is 25.1 Å². The number of rotatable bonds is 4. The van der Waals surface area contributed by atoms with Crippen LogP contribution in [0.3, 0.4) is 0 Å². The van der Waals surface area contributed by atoms with E-state index in [9.17, 15) is 0 Å². The molecule has 1 unspecified atom stereocenters. The van der Waals surface area contributed by atoms with Crippen molar-refractivity contribution in [1.29, 1.82) is 0 Å². The maximum Gasteiger partial charge on any atom is 0.249 e. The Labute approximate surface area is 144 Å². The van der Waals surface area contributed by atoms with Gasteiger partial charge in [0.05, 0.1) is 19.0 Å². The van der Waals surface area contributed by atoms with Crippen LogP contribution in [0.15, 0.2) is 23.0 Å². The van der Waals surface area contributed by atoms with Crippen LogP contribution < -0.4 is 9.64 Å². The first-order valence-corrected chi connectivity index (χ1v) is 8.13. The Morgan fingerprint density at radius 3 is 2.88 bits per heavy atom. The van der Waals surface area contributed by atoms with Crippen molar-refractivity contribution in [2.24, 2.45) is 7.05 Å². The van der Waals surface area contributed by atoms with Gasteiger partial charge in [0.15, 0.2) is 11.6 Å². The summed E-state index contributed by atoms with van der Waals surface area (Å²) in [6, 6.07) is 1.89. The van der Waals surface area contributed by atoms with Gasteiger partial charge in [0.2, 0.25) is 11.8 Å². The zero-order chi connectivity index (χ0) is 17.4. The van der Waals surface area contributed by atoms with E-state index < -0.39 is 0 Å². The minimum atomic E-state index is -0.00557. The molecule has 0 aliphatic carbocycles. The standard InChI is InChI=1S/C16H19N7O2/c1-10-19-15(25-21-10)12-5-4-8-23(12)16-17-9-13(24-3)14(20-16)11-6-7-18-22(11)2/h6-7,9,12H,4-5,8H2,1-3H3. The highest BCUT2D eigenvalue weighted by Gasteiger charge is 2.33. The summed E-state index contributed by atoms with van der Waals surface area (Å²) in [5.41, 5.74) is 1.57. The molecular formula is C16H19N7O2. The Balaban J connectivity index is 1.74. The van der Waals surface area contributed by atoms with Gasteiger partial charge in [-0.15, -0.1) is 0 Å². The minimum absolute atomic E-state index is 0.00557. The average Bonchev–Trinajstić information content (AvgIpc) is 3.34. The van der Waals surface area contributed by atoms with E-state index in [0.29, 0.717) is 29.1 Å². The molecule has 0 spiro atoms. The number of hydrogen-bond acceptors (Lipinski definition) is 8. The van der Waals surface area contributed by atoms with E-state index in [1.807, 2.05) is 20.0 Å². The molecule has 4 rings (SSSR count). The quantitative estimate of drug-likeness (QED) is 0.710. The molecule has 1 aliphatic rings. The molecule has 1 saturated heterocycles. The molecule has 0 amide bonds. The van der Waals surface area contributed by atoms with Gasteiger partial charge in [-0.25, -0.2) is 9.97 Å². The van der Waals surface area contributed by atoms with E-state index in [4.69, 9.17) is 14.2 Å². The van der Waals surface area contributed by atoms with Crippen LogP contribution in [0.5, 0.6) is 5.75 Å². The van der Waals surface area contributed by atoms with Gasteiger partial charge in [0.1, 0.15) is 11.7 Å². The number of nitrogens with zero attached hydrogens (tertiary/aromatic N) is 7. The van der Waals surface area contributed by atoms with Gasteiger partial charge in [-0.2, -0.15) is 10.1 Å². The highest BCUT2D eigenvalue weighted by atomic mass is 16.5. The van der Waals surface area contributed by atoms with Crippen LogP contribution in [0, 0.1) is 6.92 Å². The molecule has 0 radical (unpaired) electrons. The van der Waals surface area contributed by atoms with Gasteiger partial charge >= 0.3 is 0 Å². The fourth-order valence-electron chi connectivity index (χ4n) is 3.15. The van der Waals surface area contributed by atoms with E-state index in [1.165, 1.54) is 0 Å². The fourth-order valence-corrected chi connectivity index (χ4v) is 3.15. The summed E-state index contributed by atoms with van der Waals surface area (Å²) >= 11 is 0. The van der Waals surface area contributed by atoms with E-state index in [1.54, 1.807) is 24.2 Å². The van der Waals surface area contributed by atoms with Gasteiger partial charge in [-0.05, 0) is 25.8 Å². The Morgan fingerprint density at radius 2 is 2.20 bits per heavy atom. The Kier molecular flexibility index (Phi) is 3.83. The van der Waals surface area contributed by atoms with Gasteiger partial charge in [-0.1, -0.05) is 5.16 Å². The fraction of sp³-hybridized carbons (Fsp3) is 0.438. The summed E-state index contributed by atoms with van der Waals surface area (Å²) in [5, 5.41) is 8.12. The van der Waals surface area contributed by atoms with E-state index in [-0.39, 0.29) is 6.04 Å². The SMILES string of the molecule is COc1cnc(N2CCCC2c2nc(C)no2)nc1-c1ccnn1C. The maximum atomic E-state index is 5.43. The highest BCUT2D eigenvalue weighted by molar-refractivity contribution is 5.64. The van der Waals surface area contributed by atoms with Crippen molar-refractivity contribution in [1.82, 2.24) is 29.9 Å². The summed E-state index contributed by atoms with van der Waals surface area (Å²) in [7, 11) is 3.48. The van der Waals surface area contributed by atoms with Crippen LogP contribution in [-0.4, -0.2) is 43.5 Å². The molecule has 0 N–H and O–H groups in total. The van der Waals surface area contributed by atoms with Gasteiger partial charge in [0, 0.05) is 19.8 Å². The molecule has 130 valence electrons. The first kappa shape index (κ1) is 15.6. The predicted octanol–water partition coefficient (Wildman–Crippen LogP) is 1.92. The smallest absolute Gasteiger partial charge is 0.249 e. The lowest BCUT2D eigenvalue weighted by Gasteiger charge is -2.22. The second-order valence-electron chi connectivity index (χ2n) is 5.96. The number of anilines is 1. The van der Waals surface area contributed by atoms with Crippen LogP contribution >= 0.6 is 0 Å². The van der Waals surface area contributed by atoms with Gasteiger partial charge in [0.25, 0.3) is 0 Å². The summed E-state index contributed by atoms with van der Waals surface area (Å²) in [5.74, 6) is 2.47. The van der Waals surface area contributed by atoms with Crippen molar-refractivity contribution in [3.05, 3.63) is 30.2 Å². The molecule has 9 heteroatoms. The molecule has 3 aromatic rings. The third-order valence-corrected chi connectivity index (χ3v) is 4.36. The number of hydrogen-bond donors (Lipinski definition) is 0. The topological polar surface area (TPSA) is 95.0 Å². The van der Waals surface area contributed by atoms with Crippen LogP contribution in [0.1, 0.15) is 30.6 Å². The predicted molar refractivity (Wildman–Crippen MR) is 89.1 cm³/mol. The van der Waals surface area contributed by atoms with Crippen molar-refractivity contribution in [3.8, 4) is 17.1 Å².